The van der Waals surface area contributed by atoms with Gasteiger partial charge in [-0.15, -0.1) is 0 Å². The minimum absolute atomic E-state index is 0.00294. The second kappa shape index (κ2) is 10.6. The van der Waals surface area contributed by atoms with Gasteiger partial charge in [0.05, 0.1) is 27.1 Å². The topological polar surface area (TPSA) is 67.9 Å². The normalized spacial score (nSPS) is 10.5. The first-order valence-corrected chi connectivity index (χ1v) is 10.1. The Hall–Kier alpha value is -3.94. The fraction of sp³-hybridized carbons (Fsp3) is 0.200. The van der Waals surface area contributed by atoms with Crippen LogP contribution in [0.15, 0.2) is 60.7 Å². The van der Waals surface area contributed by atoms with Crippen LogP contribution in [-0.4, -0.2) is 33.1 Å². The molecule has 3 rings (SSSR count). The number of nitrogens with one attached hydrogen (secondary N) is 1. The van der Waals surface area contributed by atoms with Gasteiger partial charge in [0, 0.05) is 18.4 Å². The molecule has 0 aliphatic heterocycles. The van der Waals surface area contributed by atoms with Gasteiger partial charge in [-0.25, -0.2) is 8.78 Å². The van der Waals surface area contributed by atoms with Crippen molar-refractivity contribution in [3.05, 3.63) is 83.4 Å². The molecule has 0 spiro atoms. The predicted octanol–water partition coefficient (Wildman–Crippen LogP) is 4.37. The number of ether oxygens (including phenoxy) is 2. The van der Waals surface area contributed by atoms with Crippen molar-refractivity contribution in [2.45, 2.75) is 12.8 Å². The highest BCUT2D eigenvalue weighted by molar-refractivity contribution is 5.96. The second-order valence-corrected chi connectivity index (χ2v) is 7.34. The van der Waals surface area contributed by atoms with Crippen LogP contribution < -0.4 is 19.7 Å². The lowest BCUT2D eigenvalue weighted by Gasteiger charge is -2.19. The highest BCUT2D eigenvalue weighted by atomic mass is 19.1. The summed E-state index contributed by atoms with van der Waals surface area (Å²) in [6, 6.07) is 15.5. The van der Waals surface area contributed by atoms with E-state index in [-0.39, 0.29) is 36.2 Å². The summed E-state index contributed by atoms with van der Waals surface area (Å²) in [5.41, 5.74) is 2.06. The van der Waals surface area contributed by atoms with Crippen LogP contribution in [0.1, 0.15) is 11.1 Å². The van der Waals surface area contributed by atoms with E-state index in [1.807, 2.05) is 0 Å². The number of carbonyl (C=O) groups excluding carboxylic acids is 2. The van der Waals surface area contributed by atoms with Crippen LogP contribution in [0.3, 0.4) is 0 Å². The Morgan fingerprint density at radius 2 is 1.42 bits per heavy atom. The van der Waals surface area contributed by atoms with E-state index in [9.17, 15) is 18.4 Å². The fourth-order valence-electron chi connectivity index (χ4n) is 3.26. The van der Waals surface area contributed by atoms with Gasteiger partial charge in [-0.1, -0.05) is 18.2 Å². The maximum absolute atomic E-state index is 13.9. The van der Waals surface area contributed by atoms with Crippen molar-refractivity contribution in [1.82, 2.24) is 0 Å². The number of methoxy groups -OCH3 is 2. The molecule has 0 fully saturated rings. The lowest BCUT2D eigenvalue weighted by Crippen LogP contribution is -2.28. The maximum Gasteiger partial charge on any atom is 0.231 e. The van der Waals surface area contributed by atoms with Gasteiger partial charge in [-0.3, -0.25) is 9.59 Å². The first-order chi connectivity index (χ1) is 15.8. The standard InChI is InChI=1S/C25H24F2N2O4/c1-29(25(31)14-17-8-10-23(33-3)21(27)12-17)19-6-4-5-18(15-19)28-24(30)13-16-7-9-22(32-2)20(26)11-16/h4-12,15H,13-14H2,1-3H3,(H,28,30). The smallest absolute Gasteiger partial charge is 0.231 e. The monoisotopic (exact) mass is 454 g/mol. The quantitative estimate of drug-likeness (QED) is 0.549. The van der Waals surface area contributed by atoms with E-state index >= 15 is 0 Å². The van der Waals surface area contributed by atoms with E-state index in [0.717, 1.165) is 0 Å². The number of hydrogen-bond acceptors (Lipinski definition) is 4. The molecule has 6 nitrogen and oxygen atoms in total. The Morgan fingerprint density at radius 3 is 1.97 bits per heavy atom. The number of amides is 2. The molecule has 0 saturated heterocycles. The first kappa shape index (κ1) is 23.7. The molecule has 172 valence electrons. The molecule has 0 aliphatic carbocycles. The summed E-state index contributed by atoms with van der Waals surface area (Å²) in [7, 11) is 4.34. The molecule has 0 aliphatic rings. The van der Waals surface area contributed by atoms with Crippen molar-refractivity contribution in [2.75, 3.05) is 31.5 Å². The zero-order valence-corrected chi connectivity index (χ0v) is 18.5. The number of anilines is 2. The van der Waals surface area contributed by atoms with Crippen molar-refractivity contribution in [1.29, 1.82) is 0 Å². The first-order valence-electron chi connectivity index (χ1n) is 10.1. The van der Waals surface area contributed by atoms with Crippen molar-refractivity contribution in [3.63, 3.8) is 0 Å². The largest absolute Gasteiger partial charge is 0.494 e. The molecule has 3 aromatic rings. The molecule has 0 heterocycles. The number of benzene rings is 3. The Labute approximate surface area is 190 Å². The molecule has 0 aromatic heterocycles. The average Bonchev–Trinajstić information content (AvgIpc) is 2.79. The summed E-state index contributed by atoms with van der Waals surface area (Å²) in [5.74, 6) is -1.44. The molecular formula is C25H24F2N2O4. The molecule has 0 saturated carbocycles. The van der Waals surface area contributed by atoms with Crippen LogP contribution in [0, 0.1) is 11.6 Å². The number of likely N-dealkylation sites (N-methyl/N-ethyl adjacent to an activating group) is 1. The Kier molecular flexibility index (Phi) is 7.61. The van der Waals surface area contributed by atoms with Gasteiger partial charge < -0.3 is 19.7 Å². The van der Waals surface area contributed by atoms with Gasteiger partial charge in [0.2, 0.25) is 11.8 Å². The molecule has 8 heteroatoms. The third kappa shape index (κ3) is 6.06. The highest BCUT2D eigenvalue weighted by Crippen LogP contribution is 2.22. The van der Waals surface area contributed by atoms with Gasteiger partial charge in [0.15, 0.2) is 23.1 Å². The lowest BCUT2D eigenvalue weighted by molar-refractivity contribution is -0.117. The number of hydrogen-bond donors (Lipinski definition) is 1. The molecule has 0 radical (unpaired) electrons. The molecule has 0 atom stereocenters. The van der Waals surface area contributed by atoms with Crippen LogP contribution in [0.5, 0.6) is 11.5 Å². The second-order valence-electron chi connectivity index (χ2n) is 7.34. The van der Waals surface area contributed by atoms with Crippen LogP contribution in [0.4, 0.5) is 20.2 Å². The fourth-order valence-corrected chi connectivity index (χ4v) is 3.26. The molecule has 1 N–H and O–H groups in total. The molecule has 2 amide bonds. The summed E-state index contributed by atoms with van der Waals surface area (Å²) in [4.78, 5) is 26.5. The number of carbonyl (C=O) groups is 2. The van der Waals surface area contributed by atoms with E-state index < -0.39 is 11.6 Å². The average molecular weight is 454 g/mol. The lowest BCUT2D eigenvalue weighted by atomic mass is 10.1. The third-order valence-corrected chi connectivity index (χ3v) is 5.04. The number of nitrogens with zero attached hydrogens (tertiary/aromatic N) is 1. The summed E-state index contributed by atoms with van der Waals surface area (Å²) in [5, 5.41) is 2.75. The van der Waals surface area contributed by atoms with Gasteiger partial charge in [0.25, 0.3) is 0 Å². The van der Waals surface area contributed by atoms with Crippen LogP contribution >= 0.6 is 0 Å². The van der Waals surface area contributed by atoms with Crippen LogP contribution in [-0.2, 0) is 22.4 Å². The summed E-state index contributed by atoms with van der Waals surface area (Å²) >= 11 is 0. The van der Waals surface area contributed by atoms with Crippen LogP contribution in [0.2, 0.25) is 0 Å². The van der Waals surface area contributed by atoms with E-state index in [4.69, 9.17) is 9.47 Å². The van der Waals surface area contributed by atoms with Gasteiger partial charge >= 0.3 is 0 Å². The molecular weight excluding hydrogens is 430 g/mol. The number of rotatable bonds is 8. The highest BCUT2D eigenvalue weighted by Gasteiger charge is 2.15. The van der Waals surface area contributed by atoms with Gasteiger partial charge in [0.1, 0.15) is 0 Å². The Morgan fingerprint density at radius 1 is 0.848 bits per heavy atom. The van der Waals surface area contributed by atoms with Crippen molar-refractivity contribution < 1.29 is 27.8 Å². The van der Waals surface area contributed by atoms with Crippen LogP contribution in [0.25, 0.3) is 0 Å². The third-order valence-electron chi connectivity index (χ3n) is 5.04. The van der Waals surface area contributed by atoms with E-state index in [2.05, 4.69) is 5.32 Å². The van der Waals surface area contributed by atoms with Gasteiger partial charge in [-0.05, 0) is 53.6 Å². The van der Waals surface area contributed by atoms with Crippen molar-refractivity contribution in [3.8, 4) is 11.5 Å². The zero-order valence-electron chi connectivity index (χ0n) is 18.5. The van der Waals surface area contributed by atoms with Crippen molar-refractivity contribution >= 4 is 23.2 Å². The van der Waals surface area contributed by atoms with E-state index in [1.165, 1.54) is 43.4 Å². The Bertz CT molecular complexity index is 1170. The molecule has 33 heavy (non-hydrogen) atoms. The SMILES string of the molecule is COc1ccc(CC(=O)Nc2cccc(N(C)C(=O)Cc3ccc(OC)c(F)c3)c2)cc1F. The minimum Gasteiger partial charge on any atom is -0.494 e. The summed E-state index contributed by atoms with van der Waals surface area (Å²) in [6.07, 6.45) is -0.0278. The number of halogens is 2. The zero-order chi connectivity index (χ0) is 24.0. The van der Waals surface area contributed by atoms with Crippen molar-refractivity contribution in [2.24, 2.45) is 0 Å². The molecule has 0 bridgehead atoms. The summed E-state index contributed by atoms with van der Waals surface area (Å²) in [6.45, 7) is 0. The van der Waals surface area contributed by atoms with E-state index in [1.54, 1.807) is 43.4 Å². The van der Waals surface area contributed by atoms with Gasteiger partial charge in [-0.2, -0.15) is 0 Å². The minimum atomic E-state index is -0.540. The Balaban J connectivity index is 1.64. The molecule has 0 unspecified atom stereocenters. The van der Waals surface area contributed by atoms with E-state index in [0.29, 0.717) is 22.5 Å². The predicted molar refractivity (Wildman–Crippen MR) is 122 cm³/mol. The maximum atomic E-state index is 13.9. The summed E-state index contributed by atoms with van der Waals surface area (Å²) < 4.78 is 37.5. The molecule has 3 aromatic carbocycles.